The molecule has 170 valence electrons. The SMILES string of the molecule is CN(C)CCSC1=NN(C(=O)NC2CCCCCC2)C(C(=O)CCc2ccccc2)O1. The number of carbonyl (C=O) groups is 2. The van der Waals surface area contributed by atoms with Gasteiger partial charge in [0, 0.05) is 24.8 Å². The summed E-state index contributed by atoms with van der Waals surface area (Å²) >= 11 is 1.43. The fourth-order valence-electron chi connectivity index (χ4n) is 3.74. The normalized spacial score (nSPS) is 19.6. The average Bonchev–Trinajstić information content (AvgIpc) is 3.02. The highest BCUT2D eigenvalue weighted by atomic mass is 32.2. The van der Waals surface area contributed by atoms with Gasteiger partial charge in [0.1, 0.15) is 0 Å². The number of amides is 2. The predicted molar refractivity (Wildman–Crippen MR) is 125 cm³/mol. The maximum absolute atomic E-state index is 13.0. The number of carbonyl (C=O) groups excluding carboxylic acids is 2. The molecule has 31 heavy (non-hydrogen) atoms. The molecule has 8 heteroatoms. The first-order chi connectivity index (χ1) is 15.0. The van der Waals surface area contributed by atoms with Gasteiger partial charge in [0.15, 0.2) is 5.78 Å². The summed E-state index contributed by atoms with van der Waals surface area (Å²) in [5.74, 6) is 0.640. The Hall–Kier alpha value is -2.06. The van der Waals surface area contributed by atoms with E-state index in [4.69, 9.17) is 4.74 Å². The Morgan fingerprint density at radius 1 is 1.16 bits per heavy atom. The third kappa shape index (κ3) is 7.54. The third-order valence-corrected chi connectivity index (χ3v) is 6.37. The first-order valence-electron chi connectivity index (χ1n) is 11.2. The molecule has 0 radical (unpaired) electrons. The van der Waals surface area contributed by atoms with E-state index in [1.165, 1.54) is 29.6 Å². The molecular weight excluding hydrogens is 412 g/mol. The van der Waals surface area contributed by atoms with Crippen molar-refractivity contribution >= 4 is 28.8 Å². The number of nitrogens with one attached hydrogen (secondary N) is 1. The molecule has 1 N–H and O–H groups in total. The van der Waals surface area contributed by atoms with E-state index in [-0.39, 0.29) is 17.9 Å². The zero-order chi connectivity index (χ0) is 22.1. The standard InChI is InChI=1S/C23H34N4O3S/c1-26(2)16-17-31-23-25-27(22(29)24-19-12-8-3-4-9-13-19)21(30-23)20(28)15-14-18-10-6-5-7-11-18/h5-7,10-11,19,21H,3-4,8-9,12-17H2,1-2H3,(H,24,29). The van der Waals surface area contributed by atoms with Crippen LogP contribution in [-0.2, 0) is 16.0 Å². The average molecular weight is 447 g/mol. The summed E-state index contributed by atoms with van der Waals surface area (Å²) in [6.07, 6.45) is 6.54. The van der Waals surface area contributed by atoms with Crippen LogP contribution in [0.4, 0.5) is 4.79 Å². The van der Waals surface area contributed by atoms with Crippen molar-refractivity contribution in [2.24, 2.45) is 5.10 Å². The van der Waals surface area contributed by atoms with Crippen molar-refractivity contribution in [3.05, 3.63) is 35.9 Å². The van der Waals surface area contributed by atoms with Crippen molar-refractivity contribution in [2.45, 2.75) is 63.6 Å². The first-order valence-corrected chi connectivity index (χ1v) is 12.2. The number of Topliss-reactive ketones (excluding diaryl/α,β-unsaturated/α-hetero) is 1. The van der Waals surface area contributed by atoms with Crippen LogP contribution in [0.2, 0.25) is 0 Å². The van der Waals surface area contributed by atoms with Gasteiger partial charge in [-0.25, -0.2) is 4.79 Å². The van der Waals surface area contributed by atoms with Crippen molar-refractivity contribution in [3.63, 3.8) is 0 Å². The Labute approximate surface area is 189 Å². The summed E-state index contributed by atoms with van der Waals surface area (Å²) in [4.78, 5) is 28.0. The van der Waals surface area contributed by atoms with Crippen molar-refractivity contribution in [1.82, 2.24) is 15.2 Å². The van der Waals surface area contributed by atoms with Crippen molar-refractivity contribution in [2.75, 3.05) is 26.4 Å². The van der Waals surface area contributed by atoms with E-state index >= 15 is 0 Å². The molecular formula is C23H34N4O3S. The van der Waals surface area contributed by atoms with Gasteiger partial charge in [-0.1, -0.05) is 67.8 Å². The predicted octanol–water partition coefficient (Wildman–Crippen LogP) is 3.84. The maximum atomic E-state index is 13.0. The summed E-state index contributed by atoms with van der Waals surface area (Å²) in [6, 6.07) is 9.67. The Balaban J connectivity index is 1.62. The molecule has 0 aromatic heterocycles. The fourth-order valence-corrected chi connectivity index (χ4v) is 4.68. The number of thioether (sulfide) groups is 1. The number of hydrazone groups is 1. The minimum atomic E-state index is -0.989. The number of urea groups is 1. The third-order valence-electron chi connectivity index (χ3n) is 5.56. The number of ketones is 1. The van der Waals surface area contributed by atoms with Crippen LogP contribution in [0.3, 0.4) is 0 Å². The summed E-state index contributed by atoms with van der Waals surface area (Å²) in [6.45, 7) is 0.855. The van der Waals surface area contributed by atoms with Gasteiger partial charge in [-0.3, -0.25) is 4.79 Å². The topological polar surface area (TPSA) is 74.2 Å². The molecule has 1 heterocycles. The monoisotopic (exact) mass is 446 g/mol. The van der Waals surface area contributed by atoms with Crippen LogP contribution in [-0.4, -0.2) is 65.6 Å². The van der Waals surface area contributed by atoms with E-state index < -0.39 is 6.23 Å². The highest BCUT2D eigenvalue weighted by Gasteiger charge is 2.38. The quantitative estimate of drug-likeness (QED) is 0.614. The Morgan fingerprint density at radius 2 is 1.87 bits per heavy atom. The highest BCUT2D eigenvalue weighted by Crippen LogP contribution is 2.23. The maximum Gasteiger partial charge on any atom is 0.341 e. The van der Waals surface area contributed by atoms with E-state index in [9.17, 15) is 9.59 Å². The number of nitrogens with zero attached hydrogens (tertiary/aromatic N) is 3. The molecule has 0 bridgehead atoms. The van der Waals surface area contributed by atoms with Crippen LogP contribution in [0, 0.1) is 0 Å². The fraction of sp³-hybridized carbons (Fsp3) is 0.609. The molecule has 0 saturated heterocycles. The number of aryl methyl sites for hydroxylation is 1. The van der Waals surface area contributed by atoms with Crippen LogP contribution in [0.25, 0.3) is 0 Å². The first kappa shape index (κ1) is 23.6. The highest BCUT2D eigenvalue weighted by molar-refractivity contribution is 8.13. The van der Waals surface area contributed by atoms with Crippen LogP contribution < -0.4 is 5.32 Å². The van der Waals surface area contributed by atoms with Crippen molar-refractivity contribution in [1.29, 1.82) is 0 Å². The van der Waals surface area contributed by atoms with Gasteiger partial charge in [0.25, 0.3) is 11.5 Å². The summed E-state index contributed by atoms with van der Waals surface area (Å²) in [7, 11) is 4.00. The molecule has 1 aromatic rings. The lowest BCUT2D eigenvalue weighted by Crippen LogP contribution is -2.48. The van der Waals surface area contributed by atoms with Gasteiger partial charge in [-0.15, -0.1) is 5.10 Å². The second kappa shape index (κ2) is 12.1. The number of hydrogen-bond acceptors (Lipinski definition) is 6. The molecule has 7 nitrogen and oxygen atoms in total. The summed E-state index contributed by atoms with van der Waals surface area (Å²) in [5, 5.41) is 9.06. The molecule has 2 amide bonds. The largest absolute Gasteiger partial charge is 0.438 e. The van der Waals surface area contributed by atoms with Gasteiger partial charge in [0.05, 0.1) is 0 Å². The van der Waals surface area contributed by atoms with Crippen LogP contribution in [0.1, 0.15) is 50.5 Å². The lowest BCUT2D eigenvalue weighted by Gasteiger charge is -2.23. The second-order valence-electron chi connectivity index (χ2n) is 8.42. The zero-order valence-corrected chi connectivity index (χ0v) is 19.4. The lowest BCUT2D eigenvalue weighted by molar-refractivity contribution is -0.130. The van der Waals surface area contributed by atoms with E-state index in [1.807, 2.05) is 44.4 Å². The van der Waals surface area contributed by atoms with E-state index in [1.54, 1.807) is 0 Å². The van der Waals surface area contributed by atoms with Gasteiger partial charge < -0.3 is 15.0 Å². The molecule has 1 unspecified atom stereocenters. The minimum absolute atomic E-state index is 0.133. The summed E-state index contributed by atoms with van der Waals surface area (Å²) in [5.41, 5.74) is 1.09. The number of benzene rings is 1. The van der Waals surface area contributed by atoms with Crippen LogP contribution >= 0.6 is 11.8 Å². The van der Waals surface area contributed by atoms with Gasteiger partial charge in [0.2, 0.25) is 0 Å². The minimum Gasteiger partial charge on any atom is -0.438 e. The Morgan fingerprint density at radius 3 is 2.55 bits per heavy atom. The van der Waals surface area contributed by atoms with Crippen LogP contribution in [0.15, 0.2) is 35.4 Å². The second-order valence-corrected chi connectivity index (χ2v) is 9.47. The molecule has 2 aliphatic rings. The molecule has 1 aliphatic heterocycles. The van der Waals surface area contributed by atoms with Crippen molar-refractivity contribution < 1.29 is 14.3 Å². The van der Waals surface area contributed by atoms with Crippen molar-refractivity contribution in [3.8, 4) is 0 Å². The molecule has 1 aliphatic carbocycles. The summed E-state index contributed by atoms with van der Waals surface area (Å²) < 4.78 is 5.85. The smallest absolute Gasteiger partial charge is 0.341 e. The lowest BCUT2D eigenvalue weighted by atomic mass is 10.1. The molecule has 0 spiro atoms. The Kier molecular flexibility index (Phi) is 9.21. The number of hydrogen-bond donors (Lipinski definition) is 1. The molecule has 1 atom stereocenters. The van der Waals surface area contributed by atoms with E-state index in [2.05, 4.69) is 15.3 Å². The molecule has 1 aromatic carbocycles. The molecule has 1 fully saturated rings. The number of ether oxygens (including phenoxy) is 1. The van der Waals surface area contributed by atoms with Gasteiger partial charge >= 0.3 is 6.03 Å². The molecule has 3 rings (SSSR count). The van der Waals surface area contributed by atoms with E-state index in [0.717, 1.165) is 43.5 Å². The zero-order valence-electron chi connectivity index (χ0n) is 18.6. The van der Waals surface area contributed by atoms with Crippen LogP contribution in [0.5, 0.6) is 0 Å². The van der Waals surface area contributed by atoms with Gasteiger partial charge in [-0.2, -0.15) is 5.01 Å². The molecule has 1 saturated carbocycles. The van der Waals surface area contributed by atoms with E-state index in [0.29, 0.717) is 18.1 Å². The number of rotatable bonds is 8. The van der Waals surface area contributed by atoms with Gasteiger partial charge in [-0.05, 0) is 38.9 Å². The Bertz CT molecular complexity index is 748.